The van der Waals surface area contributed by atoms with Crippen LogP contribution in [0.3, 0.4) is 0 Å². The van der Waals surface area contributed by atoms with Gasteiger partial charge in [0.1, 0.15) is 5.39 Å². The van der Waals surface area contributed by atoms with Crippen LogP contribution in [0.5, 0.6) is 0 Å². The van der Waals surface area contributed by atoms with E-state index in [1.165, 1.54) is 11.8 Å². The van der Waals surface area contributed by atoms with Crippen LogP contribution in [0.15, 0.2) is 40.4 Å². The molecular formula is C22H25N5O3S. The normalized spacial score (nSPS) is 23.3. The Hall–Kier alpha value is -2.65. The molecule has 0 N–H and O–H groups in total. The summed E-state index contributed by atoms with van der Waals surface area (Å²) in [6.45, 7) is 7.15. The third kappa shape index (κ3) is 3.65. The van der Waals surface area contributed by atoms with Crippen LogP contribution in [0, 0.1) is 6.92 Å². The predicted molar refractivity (Wildman–Crippen MR) is 119 cm³/mol. The van der Waals surface area contributed by atoms with Crippen LogP contribution in [0.4, 0.5) is 0 Å². The molecule has 1 amide bonds. The summed E-state index contributed by atoms with van der Waals surface area (Å²) in [6.07, 6.45) is 1.91. The molecule has 3 aromatic rings. The number of hydrogen-bond acceptors (Lipinski definition) is 6. The van der Waals surface area contributed by atoms with E-state index in [9.17, 15) is 9.59 Å². The summed E-state index contributed by atoms with van der Waals surface area (Å²) < 4.78 is 9.12. The second-order valence-corrected chi connectivity index (χ2v) is 9.41. The molecule has 0 spiro atoms. The molecule has 3 unspecified atom stereocenters. The Morgan fingerprint density at radius 1 is 1.26 bits per heavy atom. The zero-order chi connectivity index (χ0) is 21.7. The fraction of sp³-hybridized carbons (Fsp3) is 0.455. The summed E-state index contributed by atoms with van der Waals surface area (Å²) in [5.41, 5.74) is 2.40. The first-order valence-corrected chi connectivity index (χ1v) is 11.5. The van der Waals surface area contributed by atoms with E-state index < -0.39 is 0 Å². The number of carbonyl (C=O) groups excluding carboxylic acids is 1. The SMILES string of the molecule is Cc1cccc(-n2ncc3c(=O)n4c(nc32)SCC4CC(=O)N2CC(C)OC(C)C2)c1. The molecule has 0 aliphatic carbocycles. The maximum atomic E-state index is 13.3. The highest BCUT2D eigenvalue weighted by Gasteiger charge is 2.33. The number of carbonyl (C=O) groups is 1. The van der Waals surface area contributed by atoms with Gasteiger partial charge in [0.15, 0.2) is 10.8 Å². The topological polar surface area (TPSA) is 82.2 Å². The summed E-state index contributed by atoms with van der Waals surface area (Å²) in [4.78, 5) is 32.9. The van der Waals surface area contributed by atoms with E-state index in [4.69, 9.17) is 9.72 Å². The van der Waals surface area contributed by atoms with Crippen molar-refractivity contribution < 1.29 is 9.53 Å². The van der Waals surface area contributed by atoms with Crippen molar-refractivity contribution >= 4 is 28.7 Å². The van der Waals surface area contributed by atoms with Crippen LogP contribution in [-0.4, -0.2) is 61.2 Å². The molecule has 2 aliphatic heterocycles. The van der Waals surface area contributed by atoms with Gasteiger partial charge >= 0.3 is 0 Å². The van der Waals surface area contributed by atoms with Gasteiger partial charge < -0.3 is 9.64 Å². The third-order valence-electron chi connectivity index (χ3n) is 5.80. The Labute approximate surface area is 184 Å². The lowest BCUT2D eigenvalue weighted by molar-refractivity contribution is -0.143. The van der Waals surface area contributed by atoms with Gasteiger partial charge in [-0.2, -0.15) is 5.10 Å². The molecule has 162 valence electrons. The van der Waals surface area contributed by atoms with Crippen LogP contribution in [0.1, 0.15) is 31.9 Å². The number of morpholine rings is 1. The van der Waals surface area contributed by atoms with E-state index >= 15 is 0 Å². The van der Waals surface area contributed by atoms with Gasteiger partial charge in [-0.15, -0.1) is 0 Å². The number of nitrogens with zero attached hydrogens (tertiary/aromatic N) is 5. The summed E-state index contributed by atoms with van der Waals surface area (Å²) in [5, 5.41) is 5.54. The molecule has 8 nitrogen and oxygen atoms in total. The Morgan fingerprint density at radius 2 is 2.03 bits per heavy atom. The van der Waals surface area contributed by atoms with Gasteiger partial charge in [0.05, 0.1) is 30.1 Å². The highest BCUT2D eigenvalue weighted by Crippen LogP contribution is 2.34. The molecule has 4 heterocycles. The number of aryl methyl sites for hydroxylation is 1. The average Bonchev–Trinajstić information content (AvgIpc) is 3.32. The Balaban J connectivity index is 1.46. The molecule has 9 heteroatoms. The largest absolute Gasteiger partial charge is 0.372 e. The minimum absolute atomic E-state index is 0.0226. The van der Waals surface area contributed by atoms with E-state index in [0.717, 1.165) is 11.3 Å². The average molecular weight is 440 g/mol. The standard InChI is InChI=1S/C22H25N5O3S/c1-13-5-4-6-16(7-13)27-20-18(9-23-27)21(29)26-17(12-31-22(26)24-20)8-19(28)25-10-14(2)30-15(3)11-25/h4-7,9,14-15,17H,8,10-12H2,1-3H3. The highest BCUT2D eigenvalue weighted by atomic mass is 32.2. The monoisotopic (exact) mass is 439 g/mol. The van der Waals surface area contributed by atoms with Gasteiger partial charge in [-0.25, -0.2) is 9.67 Å². The van der Waals surface area contributed by atoms with Crippen LogP contribution in [0.2, 0.25) is 0 Å². The van der Waals surface area contributed by atoms with Gasteiger partial charge in [-0.3, -0.25) is 14.2 Å². The van der Waals surface area contributed by atoms with E-state index in [0.29, 0.717) is 41.5 Å². The van der Waals surface area contributed by atoms with Crippen molar-refractivity contribution in [2.24, 2.45) is 0 Å². The van der Waals surface area contributed by atoms with E-state index in [1.54, 1.807) is 15.4 Å². The summed E-state index contributed by atoms with van der Waals surface area (Å²) in [5.74, 6) is 0.719. The van der Waals surface area contributed by atoms with Crippen molar-refractivity contribution in [3.63, 3.8) is 0 Å². The molecular weight excluding hydrogens is 414 g/mol. The summed E-state index contributed by atoms with van der Waals surface area (Å²) >= 11 is 1.52. The summed E-state index contributed by atoms with van der Waals surface area (Å²) in [7, 11) is 0. The number of ether oxygens (including phenoxy) is 1. The number of benzene rings is 1. The number of thioether (sulfide) groups is 1. The first-order valence-electron chi connectivity index (χ1n) is 10.5. The van der Waals surface area contributed by atoms with Gasteiger partial charge in [0.25, 0.3) is 5.56 Å². The molecule has 1 saturated heterocycles. The minimum Gasteiger partial charge on any atom is -0.372 e. The van der Waals surface area contributed by atoms with Crippen molar-refractivity contribution in [2.45, 2.75) is 50.6 Å². The van der Waals surface area contributed by atoms with Gasteiger partial charge in [0, 0.05) is 25.3 Å². The second-order valence-electron chi connectivity index (χ2n) is 8.43. The first-order chi connectivity index (χ1) is 14.9. The second kappa shape index (κ2) is 7.80. The van der Waals surface area contributed by atoms with Crippen LogP contribution in [-0.2, 0) is 9.53 Å². The highest BCUT2D eigenvalue weighted by molar-refractivity contribution is 7.99. The lowest BCUT2D eigenvalue weighted by atomic mass is 10.1. The lowest BCUT2D eigenvalue weighted by Gasteiger charge is -2.35. The molecule has 1 fully saturated rings. The van der Waals surface area contributed by atoms with Crippen molar-refractivity contribution in [2.75, 3.05) is 18.8 Å². The van der Waals surface area contributed by atoms with Gasteiger partial charge in [0.2, 0.25) is 5.91 Å². The molecule has 3 atom stereocenters. The predicted octanol–water partition coefficient (Wildman–Crippen LogP) is 2.56. The fourth-order valence-corrected chi connectivity index (χ4v) is 5.57. The maximum Gasteiger partial charge on any atom is 0.265 e. The van der Waals surface area contributed by atoms with E-state index in [1.807, 2.05) is 49.9 Å². The summed E-state index contributed by atoms with van der Waals surface area (Å²) in [6, 6.07) is 7.74. The fourth-order valence-electron chi connectivity index (χ4n) is 4.44. The number of aromatic nitrogens is 4. The zero-order valence-electron chi connectivity index (χ0n) is 17.8. The Morgan fingerprint density at radius 3 is 2.77 bits per heavy atom. The smallest absolute Gasteiger partial charge is 0.265 e. The van der Waals surface area contributed by atoms with Gasteiger partial charge in [-0.05, 0) is 38.5 Å². The number of hydrogen-bond donors (Lipinski definition) is 0. The molecule has 1 aromatic carbocycles. The van der Waals surface area contributed by atoms with Crippen LogP contribution in [0.25, 0.3) is 16.7 Å². The molecule has 2 aromatic heterocycles. The third-order valence-corrected chi connectivity index (χ3v) is 6.90. The Kier molecular flexibility index (Phi) is 5.10. The zero-order valence-corrected chi connectivity index (χ0v) is 18.6. The van der Waals surface area contributed by atoms with Crippen molar-refractivity contribution in [3.8, 4) is 5.69 Å². The quantitative estimate of drug-likeness (QED) is 0.584. The van der Waals surface area contributed by atoms with E-state index in [2.05, 4.69) is 5.10 Å². The molecule has 5 rings (SSSR count). The molecule has 2 aliphatic rings. The number of rotatable bonds is 3. The van der Waals surface area contributed by atoms with E-state index in [-0.39, 0.29) is 29.7 Å². The Bertz CT molecular complexity index is 1210. The maximum absolute atomic E-state index is 13.3. The number of amides is 1. The number of fused-ring (bicyclic) bond motifs is 2. The first kappa shape index (κ1) is 20.3. The van der Waals surface area contributed by atoms with Crippen LogP contribution >= 0.6 is 11.8 Å². The molecule has 31 heavy (non-hydrogen) atoms. The molecule has 0 saturated carbocycles. The van der Waals surface area contributed by atoms with Gasteiger partial charge in [-0.1, -0.05) is 23.9 Å². The van der Waals surface area contributed by atoms with Crippen molar-refractivity contribution in [3.05, 3.63) is 46.4 Å². The molecule has 0 bridgehead atoms. The lowest BCUT2D eigenvalue weighted by Crippen LogP contribution is -2.48. The minimum atomic E-state index is -0.201. The van der Waals surface area contributed by atoms with Crippen LogP contribution < -0.4 is 5.56 Å². The van der Waals surface area contributed by atoms with Crippen molar-refractivity contribution in [1.29, 1.82) is 0 Å². The van der Waals surface area contributed by atoms with Crippen molar-refractivity contribution in [1.82, 2.24) is 24.2 Å². The molecule has 0 radical (unpaired) electrons.